The number of aromatic nitrogens is 4. The van der Waals surface area contributed by atoms with Crippen LogP contribution in [-0.4, -0.2) is 46.8 Å². The molecule has 0 atom stereocenters. The highest BCUT2D eigenvalue weighted by atomic mass is 19.1. The first-order chi connectivity index (χ1) is 13.8. The molecule has 0 bridgehead atoms. The van der Waals surface area contributed by atoms with Crippen molar-refractivity contribution in [2.24, 2.45) is 0 Å². The van der Waals surface area contributed by atoms with Crippen LogP contribution in [0.5, 0.6) is 0 Å². The van der Waals surface area contributed by atoms with Crippen molar-refractivity contribution in [3.05, 3.63) is 59.7 Å². The summed E-state index contributed by atoms with van der Waals surface area (Å²) < 4.78 is 24.2. The largest absolute Gasteiger partial charge is 0.310 e. The van der Waals surface area contributed by atoms with E-state index in [-0.39, 0.29) is 13.3 Å². The van der Waals surface area contributed by atoms with E-state index in [0.29, 0.717) is 37.8 Å². The summed E-state index contributed by atoms with van der Waals surface area (Å²) in [6, 6.07) is 15.3. The third-order valence-corrected chi connectivity index (χ3v) is 4.10. The van der Waals surface area contributed by atoms with Gasteiger partial charge in [-0.1, -0.05) is 48.5 Å². The van der Waals surface area contributed by atoms with Gasteiger partial charge < -0.3 is 10.6 Å². The number of benzene rings is 2. The minimum atomic E-state index is -0.381. The molecule has 2 aromatic carbocycles. The molecule has 3 aromatic rings. The van der Waals surface area contributed by atoms with Crippen molar-refractivity contribution in [2.45, 2.75) is 13.1 Å². The zero-order valence-electron chi connectivity index (χ0n) is 15.4. The molecule has 3 rings (SSSR count). The molecule has 0 aliphatic rings. The number of nitrogens with zero attached hydrogens (tertiary/aromatic N) is 4. The molecule has 146 valence electrons. The number of hydrogen-bond acceptors (Lipinski definition) is 6. The fourth-order valence-corrected chi connectivity index (χ4v) is 2.60. The summed E-state index contributed by atoms with van der Waals surface area (Å²) in [5.41, 5.74) is 3.73. The van der Waals surface area contributed by atoms with Crippen molar-refractivity contribution in [3.8, 4) is 22.8 Å². The standard InChI is InChI=1S/C20H22F2N6/c21-9-11-23-13-15-1-5-17(6-2-15)19-25-27-20(28-26-19)18-7-3-16(4-8-18)14-24-12-10-22/h1-8,23-24H,9-14H2. The monoisotopic (exact) mass is 384 g/mol. The molecule has 0 radical (unpaired) electrons. The van der Waals surface area contributed by atoms with Gasteiger partial charge in [0.25, 0.3) is 0 Å². The third-order valence-electron chi connectivity index (χ3n) is 4.10. The Balaban J connectivity index is 1.63. The second-order valence-corrected chi connectivity index (χ2v) is 6.17. The van der Waals surface area contributed by atoms with Crippen molar-refractivity contribution in [1.82, 2.24) is 31.0 Å². The highest BCUT2D eigenvalue weighted by molar-refractivity contribution is 5.57. The Morgan fingerprint density at radius 1 is 0.571 bits per heavy atom. The summed E-state index contributed by atoms with van der Waals surface area (Å²) >= 11 is 0. The second kappa shape index (κ2) is 10.5. The van der Waals surface area contributed by atoms with E-state index >= 15 is 0 Å². The molecule has 0 aliphatic heterocycles. The first kappa shape index (κ1) is 19.9. The molecule has 28 heavy (non-hydrogen) atoms. The summed E-state index contributed by atoms with van der Waals surface area (Å²) in [5, 5.41) is 22.7. The quantitative estimate of drug-likeness (QED) is 0.524. The third kappa shape index (κ3) is 5.58. The van der Waals surface area contributed by atoms with Crippen molar-refractivity contribution < 1.29 is 8.78 Å². The van der Waals surface area contributed by atoms with Crippen LogP contribution in [0.15, 0.2) is 48.5 Å². The van der Waals surface area contributed by atoms with Crippen LogP contribution in [-0.2, 0) is 13.1 Å². The molecular formula is C20H22F2N6. The smallest absolute Gasteiger partial charge is 0.203 e. The number of halogens is 2. The van der Waals surface area contributed by atoms with Gasteiger partial charge in [0.05, 0.1) is 0 Å². The van der Waals surface area contributed by atoms with Gasteiger partial charge >= 0.3 is 0 Å². The van der Waals surface area contributed by atoms with Gasteiger partial charge in [0.1, 0.15) is 13.3 Å². The molecule has 0 saturated heterocycles. The van der Waals surface area contributed by atoms with E-state index in [9.17, 15) is 8.78 Å². The van der Waals surface area contributed by atoms with E-state index in [1.165, 1.54) is 0 Å². The van der Waals surface area contributed by atoms with Gasteiger partial charge in [-0.05, 0) is 11.1 Å². The SMILES string of the molecule is FCCNCc1ccc(-c2nnc(-c3ccc(CNCCF)cc3)nn2)cc1. The first-order valence-electron chi connectivity index (χ1n) is 9.09. The van der Waals surface area contributed by atoms with Crippen LogP contribution >= 0.6 is 0 Å². The normalized spacial score (nSPS) is 10.9. The number of nitrogens with one attached hydrogen (secondary N) is 2. The fraction of sp³-hybridized carbons (Fsp3) is 0.300. The molecule has 0 amide bonds. The van der Waals surface area contributed by atoms with Crippen molar-refractivity contribution in [2.75, 3.05) is 26.4 Å². The molecule has 1 aromatic heterocycles. The number of alkyl halides is 2. The van der Waals surface area contributed by atoms with Gasteiger partial charge in [-0.25, -0.2) is 8.78 Å². The van der Waals surface area contributed by atoms with Crippen molar-refractivity contribution in [3.63, 3.8) is 0 Å². The molecule has 0 unspecified atom stereocenters. The van der Waals surface area contributed by atoms with E-state index in [4.69, 9.17) is 0 Å². The van der Waals surface area contributed by atoms with E-state index in [1.807, 2.05) is 48.5 Å². The predicted octanol–water partition coefficient (Wildman–Crippen LogP) is 2.72. The van der Waals surface area contributed by atoms with E-state index in [2.05, 4.69) is 31.0 Å². The summed E-state index contributed by atoms with van der Waals surface area (Å²) in [4.78, 5) is 0. The predicted molar refractivity (Wildman–Crippen MR) is 104 cm³/mol. The highest BCUT2D eigenvalue weighted by Gasteiger charge is 2.07. The molecule has 6 nitrogen and oxygen atoms in total. The Hall–Kier alpha value is -2.84. The lowest BCUT2D eigenvalue weighted by atomic mass is 10.1. The van der Waals surface area contributed by atoms with Gasteiger partial charge in [0.2, 0.25) is 11.6 Å². The van der Waals surface area contributed by atoms with Crippen LogP contribution < -0.4 is 10.6 Å². The lowest BCUT2D eigenvalue weighted by molar-refractivity contribution is 0.466. The van der Waals surface area contributed by atoms with Gasteiger partial charge in [-0.15, -0.1) is 20.4 Å². The molecule has 0 saturated carbocycles. The zero-order valence-corrected chi connectivity index (χ0v) is 15.4. The summed E-state index contributed by atoms with van der Waals surface area (Å²) in [5.74, 6) is 0.887. The number of hydrogen-bond donors (Lipinski definition) is 2. The van der Waals surface area contributed by atoms with Crippen LogP contribution in [0.25, 0.3) is 22.8 Å². The van der Waals surface area contributed by atoms with Gasteiger partial charge in [-0.3, -0.25) is 0 Å². The summed E-state index contributed by atoms with van der Waals surface area (Å²) in [6.07, 6.45) is 0. The Morgan fingerprint density at radius 3 is 1.25 bits per heavy atom. The average Bonchev–Trinajstić information content (AvgIpc) is 2.75. The van der Waals surface area contributed by atoms with E-state index in [0.717, 1.165) is 22.3 Å². The lowest BCUT2D eigenvalue weighted by Gasteiger charge is -2.05. The van der Waals surface area contributed by atoms with Gasteiger partial charge in [0.15, 0.2) is 0 Å². The van der Waals surface area contributed by atoms with Crippen LogP contribution in [0.1, 0.15) is 11.1 Å². The average molecular weight is 384 g/mol. The maximum Gasteiger partial charge on any atom is 0.203 e. The second-order valence-electron chi connectivity index (χ2n) is 6.17. The van der Waals surface area contributed by atoms with E-state index < -0.39 is 0 Å². The van der Waals surface area contributed by atoms with Crippen LogP contribution in [0.2, 0.25) is 0 Å². The van der Waals surface area contributed by atoms with E-state index in [1.54, 1.807) is 0 Å². The number of rotatable bonds is 10. The minimum absolute atomic E-state index is 0.343. The zero-order chi connectivity index (χ0) is 19.6. The van der Waals surface area contributed by atoms with Crippen LogP contribution in [0.3, 0.4) is 0 Å². The van der Waals surface area contributed by atoms with Gasteiger partial charge in [0, 0.05) is 37.3 Å². The summed E-state index contributed by atoms with van der Waals surface area (Å²) in [7, 11) is 0. The molecule has 2 N–H and O–H groups in total. The highest BCUT2D eigenvalue weighted by Crippen LogP contribution is 2.17. The molecule has 0 fully saturated rings. The first-order valence-corrected chi connectivity index (χ1v) is 9.09. The Kier molecular flexibility index (Phi) is 7.45. The Bertz CT molecular complexity index is 766. The molecule has 8 heteroatoms. The Labute approximate surface area is 162 Å². The molecular weight excluding hydrogens is 362 g/mol. The minimum Gasteiger partial charge on any atom is -0.310 e. The van der Waals surface area contributed by atoms with Gasteiger partial charge in [-0.2, -0.15) is 0 Å². The maximum absolute atomic E-state index is 12.1. The topological polar surface area (TPSA) is 75.6 Å². The van der Waals surface area contributed by atoms with Crippen LogP contribution in [0.4, 0.5) is 8.78 Å². The van der Waals surface area contributed by atoms with Crippen LogP contribution in [0, 0.1) is 0 Å². The Morgan fingerprint density at radius 2 is 0.929 bits per heavy atom. The lowest BCUT2D eigenvalue weighted by Crippen LogP contribution is -2.15. The molecule has 1 heterocycles. The van der Waals surface area contributed by atoms with Crippen molar-refractivity contribution >= 4 is 0 Å². The summed E-state index contributed by atoms with van der Waals surface area (Å²) in [6.45, 7) is 1.15. The fourth-order valence-electron chi connectivity index (χ4n) is 2.60. The van der Waals surface area contributed by atoms with Crippen molar-refractivity contribution in [1.29, 1.82) is 0 Å². The molecule has 0 aliphatic carbocycles. The maximum atomic E-state index is 12.1. The molecule has 0 spiro atoms.